The van der Waals surface area contributed by atoms with Gasteiger partial charge in [-0.2, -0.15) is 0 Å². The van der Waals surface area contributed by atoms with Gasteiger partial charge in [0, 0.05) is 27.5 Å². The first kappa shape index (κ1) is 423. The normalized spacial score (nSPS) is 2.25. The van der Waals surface area contributed by atoms with E-state index >= 15 is 0 Å². The molecule has 0 aliphatic heterocycles. The first-order valence-corrected chi connectivity index (χ1v) is 5.51. The van der Waals surface area contributed by atoms with E-state index in [-0.39, 0.29) is 133 Å². The summed E-state index contributed by atoms with van der Waals surface area (Å²) in [5.74, 6) is 0. The predicted molar refractivity (Wildman–Crippen MR) is 95.9 cm³/mol. The molecular formula is H36Al2O27Si3. The molecule has 0 heterocycles. The third kappa shape index (κ3) is 35900. The van der Waals surface area contributed by atoms with Gasteiger partial charge in [0.25, 0.3) is 0 Å². The average Bonchev–Trinajstić information content (AvgIpc) is 1.54. The van der Waals surface area contributed by atoms with Crippen molar-refractivity contribution in [3.05, 3.63) is 0 Å². The zero-order valence-electron chi connectivity index (χ0n) is 15.3. The average molecular weight is 606 g/mol. The molecule has 32 heavy (non-hydrogen) atoms. The summed E-state index contributed by atoms with van der Waals surface area (Å²) in [4.78, 5) is 51.1. The van der Waals surface area contributed by atoms with E-state index in [2.05, 4.69) is 0 Å². The van der Waals surface area contributed by atoms with E-state index in [4.69, 9.17) is 42.2 Å². The van der Waals surface area contributed by atoms with E-state index in [0.29, 0.717) is 0 Å². The van der Waals surface area contributed by atoms with Crippen molar-refractivity contribution in [3.8, 4) is 0 Å². The Morgan fingerprint density at radius 3 is 0.250 bits per heavy atom. The molecule has 27 nitrogen and oxygen atoms in total. The SMILES string of the molecule is O.O.O.O.O.O.O.O.O.O.O.O.O.O.O.O.O.O.O=[Si]([O-])[O-].O=[Si]([O-])[O-].O=[Si]([O-])[O-].[Al+3].[Al+3]. The summed E-state index contributed by atoms with van der Waals surface area (Å²) in [6.45, 7) is 0. The minimum absolute atomic E-state index is 0. The number of rotatable bonds is 0. The second-order valence-corrected chi connectivity index (χ2v) is 2.25. The van der Waals surface area contributed by atoms with Crippen LogP contribution in [0.2, 0.25) is 0 Å². The largest absolute Gasteiger partial charge is 3.00 e. The minimum atomic E-state index is -3.63. The molecular weight excluding hydrogens is 570 g/mol. The molecule has 0 aromatic heterocycles. The van der Waals surface area contributed by atoms with Gasteiger partial charge in [-0.05, 0) is 0 Å². The van der Waals surface area contributed by atoms with Crippen LogP contribution in [-0.4, -0.2) is 161 Å². The van der Waals surface area contributed by atoms with Crippen molar-refractivity contribution in [2.75, 3.05) is 0 Å². The second-order valence-electron chi connectivity index (χ2n) is 0.750. The van der Waals surface area contributed by atoms with Crippen LogP contribution in [-0.2, 0) is 13.4 Å². The molecule has 0 bridgehead atoms. The van der Waals surface area contributed by atoms with Crippen molar-refractivity contribution >= 4 is 62.2 Å². The molecule has 0 saturated carbocycles. The number of hydrogen-bond acceptors (Lipinski definition) is 9. The topological polar surface area (TPSA) is 757 Å². The molecule has 0 aromatic carbocycles. The van der Waals surface area contributed by atoms with Crippen molar-refractivity contribution in [1.82, 2.24) is 0 Å². The monoisotopic (exact) mass is 606 g/mol. The Hall–Kier alpha value is -0.804. The molecule has 0 aliphatic carbocycles. The summed E-state index contributed by atoms with van der Waals surface area (Å²) in [6.07, 6.45) is 0. The van der Waals surface area contributed by atoms with Gasteiger partial charge >= 0.3 is 34.7 Å². The Bertz CT molecular complexity index is 122. The molecule has 0 rings (SSSR count). The molecule has 216 valence electrons. The van der Waals surface area contributed by atoms with Gasteiger partial charge in [0.05, 0.1) is 0 Å². The molecule has 0 aliphatic rings. The molecule has 0 fully saturated rings. The summed E-state index contributed by atoms with van der Waals surface area (Å²) < 4.78 is 25.6. The van der Waals surface area contributed by atoms with Gasteiger partial charge in [-0.1, -0.05) is 0 Å². The molecule has 32 heteroatoms. The summed E-state index contributed by atoms with van der Waals surface area (Å²) in [6, 6.07) is 0. The predicted octanol–water partition coefficient (Wildman–Crippen LogP) is -24.2. The van der Waals surface area contributed by atoms with Gasteiger partial charge in [-0.25, -0.2) is 0 Å². The van der Waals surface area contributed by atoms with E-state index in [1.54, 1.807) is 0 Å². The van der Waals surface area contributed by atoms with Crippen molar-refractivity contribution in [1.29, 1.82) is 0 Å². The number of hydrogen-bond donors (Lipinski definition) is 0. The third-order valence-corrected chi connectivity index (χ3v) is 0. The first-order chi connectivity index (χ1) is 5.20. The van der Waals surface area contributed by atoms with Crippen molar-refractivity contribution in [2.45, 2.75) is 0 Å². The molecule has 36 N–H and O–H groups in total. The van der Waals surface area contributed by atoms with E-state index < -0.39 is 27.5 Å². The molecule has 0 amide bonds. The van der Waals surface area contributed by atoms with Gasteiger partial charge in [-0.15, -0.1) is 0 Å². The van der Waals surface area contributed by atoms with Gasteiger partial charge < -0.3 is 141 Å². The summed E-state index contributed by atoms with van der Waals surface area (Å²) in [5.41, 5.74) is 0. The molecule has 0 unspecified atom stereocenters. The van der Waals surface area contributed by atoms with Crippen molar-refractivity contribution < 1.29 is 141 Å². The Morgan fingerprint density at radius 1 is 0.250 bits per heavy atom. The maximum atomic E-state index is 8.52. The van der Waals surface area contributed by atoms with Gasteiger partial charge in [0.15, 0.2) is 0 Å². The van der Waals surface area contributed by atoms with Crippen LogP contribution < -0.4 is 28.8 Å². The van der Waals surface area contributed by atoms with E-state index in [0.717, 1.165) is 0 Å². The smallest absolute Gasteiger partial charge is 0.672 e. The maximum Gasteiger partial charge on any atom is 3.00 e. The van der Waals surface area contributed by atoms with Gasteiger partial charge in [-0.3, -0.25) is 0 Å². The first-order valence-electron chi connectivity index (χ1n) is 1.84. The summed E-state index contributed by atoms with van der Waals surface area (Å²) in [7, 11) is -10.9. The van der Waals surface area contributed by atoms with Crippen LogP contribution in [0.15, 0.2) is 0 Å². The standard InChI is InChI=1S/2Al.3O3Si.18H2O/c;;3*1-4(2)3;;;;;;;;;;;;;;;;;;/h;;;;;18*1H2/q2*+3;3*-2;;;;;;;;;;;;;;;;;;. The van der Waals surface area contributed by atoms with Crippen LogP contribution in [0.5, 0.6) is 0 Å². The Morgan fingerprint density at radius 2 is 0.250 bits per heavy atom. The fraction of sp³-hybridized carbons (Fsp3) is 0. The van der Waals surface area contributed by atoms with E-state index in [9.17, 15) is 0 Å². The summed E-state index contributed by atoms with van der Waals surface area (Å²) >= 11 is 0. The molecule has 0 atom stereocenters. The van der Waals surface area contributed by atoms with E-state index in [1.807, 2.05) is 0 Å². The summed E-state index contributed by atoms with van der Waals surface area (Å²) in [5, 5.41) is 0. The Kier molecular flexibility index (Phi) is 5070. The van der Waals surface area contributed by atoms with Crippen LogP contribution in [0.4, 0.5) is 0 Å². The zero-order valence-corrected chi connectivity index (χ0v) is 20.6. The molecule has 0 aromatic rings. The van der Waals surface area contributed by atoms with Crippen LogP contribution in [0.1, 0.15) is 0 Å². The fourth-order valence-electron chi connectivity index (χ4n) is 0. The van der Waals surface area contributed by atoms with E-state index in [1.165, 1.54) is 0 Å². The zero-order chi connectivity index (χ0) is 10.7. The fourth-order valence-corrected chi connectivity index (χ4v) is 0. The van der Waals surface area contributed by atoms with Crippen LogP contribution in [0.3, 0.4) is 0 Å². The molecule has 0 spiro atoms. The molecule has 0 radical (unpaired) electrons. The Labute approximate surface area is 203 Å². The Balaban J connectivity index is -0.00000000138. The van der Waals surface area contributed by atoms with Crippen molar-refractivity contribution in [2.24, 2.45) is 0 Å². The maximum absolute atomic E-state index is 8.52. The quantitative estimate of drug-likeness (QED) is 0.236. The molecule has 0 saturated heterocycles. The third-order valence-electron chi connectivity index (χ3n) is 0. The van der Waals surface area contributed by atoms with Crippen LogP contribution in [0, 0.1) is 0 Å². The van der Waals surface area contributed by atoms with Crippen LogP contribution in [0.25, 0.3) is 0 Å². The van der Waals surface area contributed by atoms with Crippen molar-refractivity contribution in [3.63, 3.8) is 0 Å². The van der Waals surface area contributed by atoms with Gasteiger partial charge in [0.2, 0.25) is 0 Å². The van der Waals surface area contributed by atoms with Gasteiger partial charge in [0.1, 0.15) is 0 Å². The minimum Gasteiger partial charge on any atom is -0.672 e. The second kappa shape index (κ2) is 383. The van der Waals surface area contributed by atoms with Crippen LogP contribution >= 0.6 is 0 Å².